The van der Waals surface area contributed by atoms with Crippen molar-refractivity contribution in [2.75, 3.05) is 26.2 Å². The van der Waals surface area contributed by atoms with E-state index in [1.54, 1.807) is 35.2 Å². The topological polar surface area (TPSA) is 97.8 Å². The lowest BCUT2D eigenvalue weighted by atomic mass is 10.0. The van der Waals surface area contributed by atoms with Crippen LogP contribution in [0.4, 0.5) is 13.2 Å². The van der Waals surface area contributed by atoms with Crippen molar-refractivity contribution in [3.63, 3.8) is 0 Å². The van der Waals surface area contributed by atoms with Crippen molar-refractivity contribution < 1.29 is 23.1 Å². The Labute approximate surface area is 222 Å². The molecule has 0 atom stereocenters. The summed E-state index contributed by atoms with van der Waals surface area (Å²) in [7, 11) is 0. The molecule has 1 N–H and O–H groups in total. The summed E-state index contributed by atoms with van der Waals surface area (Å²) in [5.41, 5.74) is 1.38. The smallest absolute Gasteiger partial charge is 0.392 e. The Morgan fingerprint density at radius 1 is 1.08 bits per heavy atom. The molecule has 4 aromatic rings. The van der Waals surface area contributed by atoms with Crippen LogP contribution in [-0.4, -0.2) is 61.6 Å². The summed E-state index contributed by atoms with van der Waals surface area (Å²) >= 11 is 0. The molecule has 1 saturated heterocycles. The van der Waals surface area contributed by atoms with Crippen molar-refractivity contribution in [3.05, 3.63) is 88.2 Å². The number of hydrogen-bond acceptors (Lipinski definition) is 6. The highest BCUT2D eigenvalue weighted by Gasteiger charge is 2.39. The summed E-state index contributed by atoms with van der Waals surface area (Å²) in [6, 6.07) is 16.0. The zero-order valence-electron chi connectivity index (χ0n) is 21.1. The molecule has 0 radical (unpaired) electrons. The molecule has 8 nitrogen and oxygen atoms in total. The quantitative estimate of drug-likeness (QED) is 0.415. The number of aromatic nitrogens is 3. The number of nitrogens with zero attached hydrogens (tertiary/aromatic N) is 6. The Kier molecular flexibility index (Phi) is 7.08. The molecule has 0 spiro atoms. The molecular weight excluding hydrogens is 509 g/mol. The minimum atomic E-state index is -4.73. The van der Waals surface area contributed by atoms with Gasteiger partial charge in [-0.3, -0.25) is 9.69 Å². The van der Waals surface area contributed by atoms with E-state index in [-0.39, 0.29) is 29.1 Å². The fourth-order valence-corrected chi connectivity index (χ4v) is 4.89. The number of hydrogen-bond donors (Lipinski definition) is 1. The Bertz CT molecular complexity index is 1570. The van der Waals surface area contributed by atoms with Crippen LogP contribution in [0.15, 0.2) is 54.7 Å². The predicted octanol–water partition coefficient (Wildman–Crippen LogP) is 4.05. The van der Waals surface area contributed by atoms with E-state index in [1.165, 1.54) is 6.92 Å². The van der Waals surface area contributed by atoms with Crippen molar-refractivity contribution in [3.8, 4) is 17.3 Å². The highest BCUT2D eigenvalue weighted by molar-refractivity contribution is 6.00. The van der Waals surface area contributed by atoms with Gasteiger partial charge in [-0.15, -0.1) is 0 Å². The molecule has 200 valence electrons. The van der Waals surface area contributed by atoms with Gasteiger partial charge in [-0.2, -0.15) is 23.5 Å². The lowest BCUT2D eigenvalue weighted by molar-refractivity contribution is -0.143. The minimum absolute atomic E-state index is 0.00277. The predicted molar refractivity (Wildman–Crippen MR) is 136 cm³/mol. The average Bonchev–Trinajstić information content (AvgIpc) is 3.35. The molecule has 1 amide bonds. The number of aliphatic hydroxyl groups excluding tert-OH is 1. The molecule has 0 saturated carbocycles. The minimum Gasteiger partial charge on any atom is -0.392 e. The van der Waals surface area contributed by atoms with E-state index in [4.69, 9.17) is 0 Å². The van der Waals surface area contributed by atoms with Crippen molar-refractivity contribution in [2.24, 2.45) is 0 Å². The van der Waals surface area contributed by atoms with Gasteiger partial charge < -0.3 is 10.0 Å². The SMILES string of the molecule is Cc1c(-c2ccc(CO)cc2)nc2c(C(=O)N3CCN(Cc4ccccc4C#N)CC3)cnn2c1C(F)(F)F. The summed E-state index contributed by atoms with van der Waals surface area (Å²) in [6.45, 7) is 3.55. The van der Waals surface area contributed by atoms with Crippen LogP contribution in [0.3, 0.4) is 0 Å². The molecule has 1 fully saturated rings. The molecule has 1 aliphatic heterocycles. The zero-order chi connectivity index (χ0) is 27.7. The number of carbonyl (C=O) groups is 1. The van der Waals surface area contributed by atoms with Crippen LogP contribution in [0.1, 0.15) is 38.3 Å². The number of aliphatic hydroxyl groups is 1. The first kappa shape index (κ1) is 26.3. The molecule has 5 rings (SSSR count). The maximum absolute atomic E-state index is 14.2. The Morgan fingerprint density at radius 3 is 2.41 bits per heavy atom. The third kappa shape index (κ3) is 5.08. The van der Waals surface area contributed by atoms with Gasteiger partial charge >= 0.3 is 6.18 Å². The van der Waals surface area contributed by atoms with Gasteiger partial charge in [-0.1, -0.05) is 42.5 Å². The largest absolute Gasteiger partial charge is 0.433 e. The number of carbonyl (C=O) groups excluding carboxylic acids is 1. The van der Waals surface area contributed by atoms with Gasteiger partial charge in [0.15, 0.2) is 11.3 Å². The monoisotopic (exact) mass is 534 g/mol. The normalized spacial score (nSPS) is 14.5. The first-order chi connectivity index (χ1) is 18.7. The van der Waals surface area contributed by atoms with Gasteiger partial charge in [-0.05, 0) is 24.1 Å². The highest BCUT2D eigenvalue weighted by Crippen LogP contribution is 2.36. The van der Waals surface area contributed by atoms with E-state index in [0.29, 0.717) is 53.9 Å². The van der Waals surface area contributed by atoms with Crippen molar-refractivity contribution in [2.45, 2.75) is 26.3 Å². The van der Waals surface area contributed by atoms with Gasteiger partial charge in [0.25, 0.3) is 5.91 Å². The van der Waals surface area contributed by atoms with Crippen LogP contribution in [0.5, 0.6) is 0 Å². The highest BCUT2D eigenvalue weighted by atomic mass is 19.4. The molecule has 39 heavy (non-hydrogen) atoms. The summed E-state index contributed by atoms with van der Waals surface area (Å²) in [6.07, 6.45) is -3.59. The number of halogens is 3. The third-order valence-electron chi connectivity index (χ3n) is 6.98. The fraction of sp³-hybridized carbons (Fsp3) is 0.286. The van der Waals surface area contributed by atoms with E-state index in [0.717, 1.165) is 11.8 Å². The second-order valence-electron chi connectivity index (χ2n) is 9.42. The molecule has 0 aliphatic carbocycles. The number of rotatable bonds is 5. The van der Waals surface area contributed by atoms with Gasteiger partial charge in [0.2, 0.25) is 0 Å². The van der Waals surface area contributed by atoms with Gasteiger partial charge in [0, 0.05) is 43.9 Å². The second-order valence-corrected chi connectivity index (χ2v) is 9.42. The van der Waals surface area contributed by atoms with Crippen molar-refractivity contribution in [1.29, 1.82) is 5.26 Å². The number of alkyl halides is 3. The summed E-state index contributed by atoms with van der Waals surface area (Å²) in [5.74, 6) is -0.437. The number of fused-ring (bicyclic) bond motifs is 1. The molecule has 2 aromatic carbocycles. The maximum atomic E-state index is 14.2. The molecule has 1 aliphatic rings. The van der Waals surface area contributed by atoms with Crippen LogP contribution in [-0.2, 0) is 19.3 Å². The third-order valence-corrected chi connectivity index (χ3v) is 6.98. The maximum Gasteiger partial charge on any atom is 0.433 e. The van der Waals surface area contributed by atoms with Crippen LogP contribution >= 0.6 is 0 Å². The van der Waals surface area contributed by atoms with E-state index < -0.39 is 17.8 Å². The lowest BCUT2D eigenvalue weighted by Gasteiger charge is -2.34. The number of benzene rings is 2. The lowest BCUT2D eigenvalue weighted by Crippen LogP contribution is -2.48. The van der Waals surface area contributed by atoms with Gasteiger partial charge in [0.1, 0.15) is 5.56 Å². The van der Waals surface area contributed by atoms with E-state index >= 15 is 0 Å². The summed E-state index contributed by atoms with van der Waals surface area (Å²) < 4.78 is 43.3. The summed E-state index contributed by atoms with van der Waals surface area (Å²) in [4.78, 5) is 21.7. The van der Waals surface area contributed by atoms with Crippen LogP contribution in [0.25, 0.3) is 16.9 Å². The first-order valence-electron chi connectivity index (χ1n) is 12.4. The van der Waals surface area contributed by atoms with E-state index in [1.807, 2.05) is 18.2 Å². The molecule has 0 bridgehead atoms. The van der Waals surface area contributed by atoms with Crippen LogP contribution in [0, 0.1) is 18.3 Å². The van der Waals surface area contributed by atoms with Crippen LogP contribution in [0.2, 0.25) is 0 Å². The average molecular weight is 535 g/mol. The molecule has 3 heterocycles. The molecule has 11 heteroatoms. The van der Waals surface area contributed by atoms with Gasteiger partial charge in [-0.25, -0.2) is 9.50 Å². The molecule has 0 unspecified atom stereocenters. The Hall–Kier alpha value is -4.27. The van der Waals surface area contributed by atoms with Crippen molar-refractivity contribution in [1.82, 2.24) is 24.4 Å². The fourth-order valence-electron chi connectivity index (χ4n) is 4.89. The molecular formula is C28H25F3N6O2. The van der Waals surface area contributed by atoms with Gasteiger partial charge in [0.05, 0.1) is 30.1 Å². The van der Waals surface area contributed by atoms with E-state index in [9.17, 15) is 28.3 Å². The van der Waals surface area contributed by atoms with Crippen LogP contribution < -0.4 is 0 Å². The Balaban J connectivity index is 1.44. The number of nitriles is 1. The zero-order valence-corrected chi connectivity index (χ0v) is 21.1. The first-order valence-corrected chi connectivity index (χ1v) is 12.4. The molecule has 2 aromatic heterocycles. The van der Waals surface area contributed by atoms with E-state index in [2.05, 4.69) is 21.1 Å². The Morgan fingerprint density at radius 2 is 1.77 bits per heavy atom. The second kappa shape index (κ2) is 10.5. The number of piperazine rings is 1. The number of amides is 1. The summed E-state index contributed by atoms with van der Waals surface area (Å²) in [5, 5.41) is 22.6. The van der Waals surface area contributed by atoms with Crippen molar-refractivity contribution >= 4 is 11.6 Å². The standard InChI is InChI=1S/C28H25F3N6O2/c1-18-24(20-8-6-19(17-38)7-9-20)34-26-23(15-33-37(26)25(18)28(29,30)31)27(39)36-12-10-35(11-13-36)16-22-5-3-2-4-21(22)14-32/h2-9,15,38H,10-13,16-17H2,1H3.